The molecule has 5 N–H and O–H groups in total. The minimum atomic E-state index is -1.07. The Kier molecular flexibility index (Phi) is 14.2. The fourth-order valence-electron chi connectivity index (χ4n) is 4.92. The summed E-state index contributed by atoms with van der Waals surface area (Å²) in [5.41, 5.74) is 3.85. The number of aliphatic hydroxyl groups is 1. The van der Waals surface area contributed by atoms with E-state index < -0.39 is 24.2 Å². The summed E-state index contributed by atoms with van der Waals surface area (Å²) < 4.78 is 5.49. The Morgan fingerprint density at radius 2 is 1.41 bits per heavy atom. The zero-order chi connectivity index (χ0) is 30.5. The lowest BCUT2D eigenvalue weighted by Gasteiger charge is -2.35. The van der Waals surface area contributed by atoms with E-state index in [1.807, 2.05) is 58.0 Å². The third kappa shape index (κ3) is 12.2. The molecule has 2 unspecified atom stereocenters. The molecule has 2 rings (SSSR count). The van der Waals surface area contributed by atoms with Crippen molar-refractivity contribution in [2.75, 3.05) is 26.3 Å². The molecule has 1 aliphatic heterocycles. The number of benzene rings is 1. The third-order valence-corrected chi connectivity index (χ3v) is 7.20. The van der Waals surface area contributed by atoms with Gasteiger partial charge in [0.25, 0.3) is 5.91 Å². The molecule has 1 saturated heterocycles. The largest absolute Gasteiger partial charge is 0.390 e. The predicted molar refractivity (Wildman–Crippen MR) is 156 cm³/mol. The average molecular weight is 576 g/mol. The zero-order valence-electron chi connectivity index (χ0n) is 25.3. The van der Waals surface area contributed by atoms with Gasteiger partial charge in [0.05, 0.1) is 12.1 Å². The first-order chi connectivity index (χ1) is 19.4. The minimum Gasteiger partial charge on any atom is -0.390 e. The molecule has 11 nitrogen and oxygen atoms in total. The highest BCUT2D eigenvalue weighted by Gasteiger charge is 2.32. The summed E-state index contributed by atoms with van der Waals surface area (Å²) in [6.45, 7) is 11.9. The Hall–Kier alpha value is -3.02. The number of hydrogen-bond donors (Lipinski definition) is 5. The summed E-state index contributed by atoms with van der Waals surface area (Å²) in [6, 6.07) is 7.30. The highest BCUT2D eigenvalue weighted by Crippen LogP contribution is 2.17. The van der Waals surface area contributed by atoms with Gasteiger partial charge < -0.3 is 25.8 Å². The number of amides is 4. The third-order valence-electron chi connectivity index (χ3n) is 7.20. The lowest BCUT2D eigenvalue weighted by atomic mass is 9.97. The minimum absolute atomic E-state index is 0.0399. The first-order valence-electron chi connectivity index (χ1n) is 14.6. The van der Waals surface area contributed by atoms with Crippen molar-refractivity contribution >= 4 is 23.6 Å². The van der Waals surface area contributed by atoms with Crippen molar-refractivity contribution in [1.29, 1.82) is 0 Å². The molecule has 4 amide bonds. The van der Waals surface area contributed by atoms with E-state index in [1.165, 1.54) is 13.8 Å². The van der Waals surface area contributed by atoms with Crippen molar-refractivity contribution in [2.24, 2.45) is 17.8 Å². The lowest BCUT2D eigenvalue weighted by Crippen LogP contribution is -2.59. The fourth-order valence-corrected chi connectivity index (χ4v) is 4.92. The van der Waals surface area contributed by atoms with E-state index in [0.29, 0.717) is 26.2 Å². The number of hydrogen-bond acceptors (Lipinski definition) is 7. The topological polar surface area (TPSA) is 149 Å². The van der Waals surface area contributed by atoms with Crippen molar-refractivity contribution in [1.82, 2.24) is 26.4 Å². The molecule has 0 spiro atoms. The Labute approximate surface area is 244 Å². The molecule has 4 atom stereocenters. The average Bonchev–Trinajstić information content (AvgIpc) is 2.90. The van der Waals surface area contributed by atoms with Crippen LogP contribution in [0.2, 0.25) is 0 Å². The molecule has 0 aliphatic carbocycles. The van der Waals surface area contributed by atoms with Gasteiger partial charge in [0.2, 0.25) is 17.7 Å². The SMILES string of the molecule is CC(=O)N[C@H](C(=O)NC(Cc1ccccc1)C(O)CN(CC1CCOCC1)NC(=O)[C@@H](NC(C)=O)C(C)C)C(C)C. The number of hydrazine groups is 1. The second-order valence-corrected chi connectivity index (χ2v) is 11.7. The first-order valence-corrected chi connectivity index (χ1v) is 14.6. The Balaban J connectivity index is 2.29. The van der Waals surface area contributed by atoms with Crippen molar-refractivity contribution in [2.45, 2.75) is 85.0 Å². The van der Waals surface area contributed by atoms with Gasteiger partial charge in [-0.3, -0.25) is 24.6 Å². The Morgan fingerprint density at radius 1 is 0.878 bits per heavy atom. The number of ether oxygens (including phenoxy) is 1. The molecule has 1 fully saturated rings. The second kappa shape index (κ2) is 17.1. The van der Waals surface area contributed by atoms with Crippen LogP contribution in [-0.2, 0) is 30.3 Å². The number of nitrogens with one attached hydrogen (secondary N) is 4. The van der Waals surface area contributed by atoms with Gasteiger partial charge in [-0.2, -0.15) is 0 Å². The lowest BCUT2D eigenvalue weighted by molar-refractivity contribution is -0.134. The molecule has 11 heteroatoms. The molecule has 41 heavy (non-hydrogen) atoms. The molecular formula is C30H49N5O6. The monoisotopic (exact) mass is 575 g/mol. The number of aliphatic hydroxyl groups excluding tert-OH is 1. The fraction of sp³-hybridized carbons (Fsp3) is 0.667. The summed E-state index contributed by atoms with van der Waals surface area (Å²) in [4.78, 5) is 50.1. The van der Waals surface area contributed by atoms with Crippen LogP contribution >= 0.6 is 0 Å². The van der Waals surface area contributed by atoms with E-state index in [4.69, 9.17) is 4.74 Å². The summed E-state index contributed by atoms with van der Waals surface area (Å²) in [5.74, 6) is -1.46. The van der Waals surface area contributed by atoms with Gasteiger partial charge in [0, 0.05) is 40.2 Å². The van der Waals surface area contributed by atoms with Crippen LogP contribution in [-0.4, -0.2) is 84.3 Å². The van der Waals surface area contributed by atoms with Crippen LogP contribution in [0.1, 0.15) is 59.9 Å². The number of carbonyl (C=O) groups is 4. The number of carbonyl (C=O) groups excluding carboxylic acids is 4. The second-order valence-electron chi connectivity index (χ2n) is 11.7. The van der Waals surface area contributed by atoms with Gasteiger partial charge in [0.1, 0.15) is 12.1 Å². The summed E-state index contributed by atoms with van der Waals surface area (Å²) in [6.07, 6.45) is 0.915. The van der Waals surface area contributed by atoms with E-state index in [0.717, 1.165) is 18.4 Å². The van der Waals surface area contributed by atoms with Crippen LogP contribution in [0.3, 0.4) is 0 Å². The van der Waals surface area contributed by atoms with Gasteiger partial charge in [-0.25, -0.2) is 5.01 Å². The molecule has 1 aromatic rings. The highest BCUT2D eigenvalue weighted by atomic mass is 16.5. The number of rotatable bonds is 15. The summed E-state index contributed by atoms with van der Waals surface area (Å²) in [7, 11) is 0. The van der Waals surface area contributed by atoms with E-state index >= 15 is 0 Å². The van der Waals surface area contributed by atoms with Crippen LogP contribution < -0.4 is 21.4 Å². The van der Waals surface area contributed by atoms with Crippen LogP contribution in [0.25, 0.3) is 0 Å². The van der Waals surface area contributed by atoms with Gasteiger partial charge in [0.15, 0.2) is 0 Å². The van der Waals surface area contributed by atoms with E-state index in [1.54, 1.807) is 5.01 Å². The molecule has 0 saturated carbocycles. The van der Waals surface area contributed by atoms with Crippen molar-refractivity contribution in [3.8, 4) is 0 Å². The standard InChI is InChI=1S/C30H49N5O6/c1-19(2)27(31-21(5)36)29(39)33-25(16-23-10-8-7-9-11-23)26(38)18-35(17-24-12-14-41-15-13-24)34-30(40)28(20(3)4)32-22(6)37/h7-11,19-20,24-28,38H,12-18H2,1-6H3,(H,31,36)(H,32,37)(H,33,39)(H,34,40)/t25?,26?,27-,28-/m0/s1. The van der Waals surface area contributed by atoms with Gasteiger partial charge in [-0.1, -0.05) is 58.0 Å². The first kappa shape index (κ1) is 34.2. The van der Waals surface area contributed by atoms with Crippen LogP contribution in [0.5, 0.6) is 0 Å². The van der Waals surface area contributed by atoms with Crippen LogP contribution in [0.15, 0.2) is 30.3 Å². The maximum atomic E-state index is 13.3. The van der Waals surface area contributed by atoms with E-state index in [-0.39, 0.29) is 47.9 Å². The quantitative estimate of drug-likeness (QED) is 0.197. The highest BCUT2D eigenvalue weighted by molar-refractivity contribution is 5.87. The van der Waals surface area contributed by atoms with Gasteiger partial charge in [-0.05, 0) is 42.6 Å². The maximum absolute atomic E-state index is 13.3. The molecular weight excluding hydrogens is 526 g/mol. The molecule has 1 heterocycles. The molecule has 230 valence electrons. The summed E-state index contributed by atoms with van der Waals surface area (Å²) >= 11 is 0. The predicted octanol–water partition coefficient (Wildman–Crippen LogP) is 1.16. The van der Waals surface area contributed by atoms with Crippen molar-refractivity contribution < 1.29 is 29.0 Å². The van der Waals surface area contributed by atoms with Crippen molar-refractivity contribution in [3.05, 3.63) is 35.9 Å². The molecule has 1 aliphatic rings. The summed E-state index contributed by atoms with van der Waals surface area (Å²) in [5, 5.41) is 21.6. The van der Waals surface area contributed by atoms with Crippen molar-refractivity contribution in [3.63, 3.8) is 0 Å². The molecule has 0 radical (unpaired) electrons. The normalized spacial score (nSPS) is 17.0. The Bertz CT molecular complexity index is 983. The zero-order valence-corrected chi connectivity index (χ0v) is 25.3. The smallest absolute Gasteiger partial charge is 0.257 e. The molecule has 0 bridgehead atoms. The maximum Gasteiger partial charge on any atom is 0.257 e. The molecule has 1 aromatic carbocycles. The van der Waals surface area contributed by atoms with Gasteiger partial charge in [-0.15, -0.1) is 0 Å². The van der Waals surface area contributed by atoms with Crippen LogP contribution in [0, 0.1) is 17.8 Å². The van der Waals surface area contributed by atoms with E-state index in [2.05, 4.69) is 21.4 Å². The van der Waals surface area contributed by atoms with Crippen LogP contribution in [0.4, 0.5) is 0 Å². The van der Waals surface area contributed by atoms with E-state index in [9.17, 15) is 24.3 Å². The van der Waals surface area contributed by atoms with Gasteiger partial charge >= 0.3 is 0 Å². The molecule has 0 aromatic heterocycles. The Morgan fingerprint density at radius 3 is 1.93 bits per heavy atom. The number of nitrogens with zero attached hydrogens (tertiary/aromatic N) is 1.